The van der Waals surface area contributed by atoms with Gasteiger partial charge in [-0.3, -0.25) is 0 Å². The van der Waals surface area contributed by atoms with Crippen LogP contribution >= 0.6 is 0 Å². The Morgan fingerprint density at radius 2 is 2.31 bits per heavy atom. The van der Waals surface area contributed by atoms with Gasteiger partial charge in [-0.2, -0.15) is 0 Å². The van der Waals surface area contributed by atoms with Crippen LogP contribution in [-0.4, -0.2) is 13.9 Å². The van der Waals surface area contributed by atoms with Crippen LogP contribution in [0.5, 0.6) is 5.75 Å². The van der Waals surface area contributed by atoms with E-state index in [0.29, 0.717) is 5.69 Å². The summed E-state index contributed by atoms with van der Waals surface area (Å²) < 4.78 is 22.4. The fourth-order valence-electron chi connectivity index (χ4n) is 0.795. The summed E-state index contributed by atoms with van der Waals surface area (Å²) in [6.07, 6.45) is 0. The molecular formula is C9H8FNO2. The highest BCUT2D eigenvalue weighted by Gasteiger charge is 2.03. The molecule has 3 nitrogen and oxygen atoms in total. The van der Waals surface area contributed by atoms with E-state index >= 15 is 0 Å². The van der Waals surface area contributed by atoms with Crippen LogP contribution in [-0.2, 0) is 4.74 Å². The standard InChI is InChI=1S/C9H8FNO2/c1-11-7-3-4-8(10)9(5-7)13-6-12-2/h3-5H,6H2,2H3. The average Bonchev–Trinajstić information content (AvgIpc) is 2.17. The molecule has 0 unspecified atom stereocenters. The molecule has 0 aliphatic heterocycles. The third-order valence-electron chi connectivity index (χ3n) is 1.38. The van der Waals surface area contributed by atoms with E-state index in [1.165, 1.54) is 25.3 Å². The molecule has 0 amide bonds. The van der Waals surface area contributed by atoms with E-state index in [1.807, 2.05) is 0 Å². The van der Waals surface area contributed by atoms with Gasteiger partial charge in [-0.1, -0.05) is 6.07 Å². The van der Waals surface area contributed by atoms with E-state index in [0.717, 1.165) is 0 Å². The Hall–Kier alpha value is -1.60. The second-order valence-electron chi connectivity index (χ2n) is 2.28. The van der Waals surface area contributed by atoms with Crippen LogP contribution in [0.1, 0.15) is 0 Å². The molecule has 0 N–H and O–H groups in total. The maximum absolute atomic E-state index is 12.9. The highest BCUT2D eigenvalue weighted by Crippen LogP contribution is 2.23. The second-order valence-corrected chi connectivity index (χ2v) is 2.28. The van der Waals surface area contributed by atoms with E-state index < -0.39 is 5.82 Å². The zero-order valence-electron chi connectivity index (χ0n) is 7.08. The van der Waals surface area contributed by atoms with Gasteiger partial charge in [-0.05, 0) is 12.1 Å². The van der Waals surface area contributed by atoms with Gasteiger partial charge in [-0.25, -0.2) is 9.24 Å². The van der Waals surface area contributed by atoms with E-state index in [9.17, 15) is 4.39 Å². The summed E-state index contributed by atoms with van der Waals surface area (Å²) in [5.74, 6) is -0.459. The lowest BCUT2D eigenvalue weighted by atomic mass is 10.3. The molecule has 1 rings (SSSR count). The van der Waals surface area contributed by atoms with Crippen molar-refractivity contribution in [3.05, 3.63) is 35.4 Å². The summed E-state index contributed by atoms with van der Waals surface area (Å²) in [7, 11) is 1.44. The van der Waals surface area contributed by atoms with Crippen LogP contribution in [0.15, 0.2) is 18.2 Å². The summed E-state index contributed by atoms with van der Waals surface area (Å²) in [4.78, 5) is 3.14. The maximum atomic E-state index is 12.9. The predicted molar refractivity (Wildman–Crippen MR) is 45.2 cm³/mol. The smallest absolute Gasteiger partial charge is 0.191 e. The lowest BCUT2D eigenvalue weighted by Crippen LogP contribution is -2.00. The maximum Gasteiger partial charge on any atom is 0.191 e. The fraction of sp³-hybridized carbons (Fsp3) is 0.222. The molecule has 1 aromatic rings. The number of nitrogens with zero attached hydrogens (tertiary/aromatic N) is 1. The first-order valence-corrected chi connectivity index (χ1v) is 3.56. The highest BCUT2D eigenvalue weighted by atomic mass is 19.1. The lowest BCUT2D eigenvalue weighted by molar-refractivity contribution is 0.0483. The van der Waals surface area contributed by atoms with E-state index in [2.05, 4.69) is 9.58 Å². The van der Waals surface area contributed by atoms with Gasteiger partial charge in [0.2, 0.25) is 0 Å². The molecule has 0 aliphatic carbocycles. The number of hydrogen-bond donors (Lipinski definition) is 0. The summed E-state index contributed by atoms with van der Waals surface area (Å²) in [6.45, 7) is 6.67. The van der Waals surface area contributed by atoms with Gasteiger partial charge in [0, 0.05) is 7.11 Å². The predicted octanol–water partition coefficient (Wildman–Crippen LogP) is 2.36. The molecule has 0 bridgehead atoms. The molecule has 13 heavy (non-hydrogen) atoms. The summed E-state index contributed by atoms with van der Waals surface area (Å²) in [6, 6.07) is 3.92. The molecule has 0 heterocycles. The molecule has 0 atom stereocenters. The van der Waals surface area contributed by atoms with Gasteiger partial charge in [0.15, 0.2) is 18.3 Å². The second kappa shape index (κ2) is 4.43. The van der Waals surface area contributed by atoms with Crippen LogP contribution in [0.3, 0.4) is 0 Å². The van der Waals surface area contributed by atoms with Crippen molar-refractivity contribution in [1.29, 1.82) is 0 Å². The first kappa shape index (κ1) is 9.49. The normalized spacial score (nSPS) is 9.31. The lowest BCUT2D eigenvalue weighted by Gasteiger charge is -2.05. The minimum atomic E-state index is -0.496. The molecule has 0 radical (unpaired) electrons. The summed E-state index contributed by atoms with van der Waals surface area (Å²) in [5, 5.41) is 0. The molecule has 0 saturated heterocycles. The Kier molecular flexibility index (Phi) is 3.23. The minimum Gasteiger partial charge on any atom is -0.466 e. The van der Waals surface area contributed by atoms with E-state index in [-0.39, 0.29) is 12.5 Å². The molecule has 1 aromatic carbocycles. The van der Waals surface area contributed by atoms with Gasteiger partial charge in [0.1, 0.15) is 5.75 Å². The largest absolute Gasteiger partial charge is 0.466 e. The molecular weight excluding hydrogens is 173 g/mol. The van der Waals surface area contributed by atoms with Crippen molar-refractivity contribution in [2.24, 2.45) is 0 Å². The number of methoxy groups -OCH3 is 1. The van der Waals surface area contributed by atoms with Crippen LogP contribution in [0.2, 0.25) is 0 Å². The third kappa shape index (κ3) is 2.42. The monoisotopic (exact) mass is 181 g/mol. The number of ether oxygens (including phenoxy) is 2. The highest BCUT2D eigenvalue weighted by molar-refractivity contribution is 5.49. The first-order valence-electron chi connectivity index (χ1n) is 3.56. The third-order valence-corrected chi connectivity index (χ3v) is 1.38. The quantitative estimate of drug-likeness (QED) is 0.527. The topological polar surface area (TPSA) is 22.8 Å². The van der Waals surface area contributed by atoms with Gasteiger partial charge < -0.3 is 9.47 Å². The molecule has 68 valence electrons. The molecule has 0 saturated carbocycles. The minimum absolute atomic E-state index is 0.0294. The average molecular weight is 181 g/mol. The number of hydrogen-bond acceptors (Lipinski definition) is 2. The van der Waals surface area contributed by atoms with Crippen molar-refractivity contribution in [1.82, 2.24) is 0 Å². The molecule has 0 fully saturated rings. The van der Waals surface area contributed by atoms with Crippen LogP contribution in [0, 0.1) is 12.4 Å². The molecule has 0 aromatic heterocycles. The van der Waals surface area contributed by atoms with Crippen molar-refractivity contribution in [2.45, 2.75) is 0 Å². The Labute approximate surface area is 75.5 Å². The van der Waals surface area contributed by atoms with Gasteiger partial charge >= 0.3 is 0 Å². The number of benzene rings is 1. The van der Waals surface area contributed by atoms with Crippen molar-refractivity contribution in [2.75, 3.05) is 13.9 Å². The zero-order chi connectivity index (χ0) is 9.68. The molecule has 0 aliphatic rings. The Morgan fingerprint density at radius 1 is 1.54 bits per heavy atom. The van der Waals surface area contributed by atoms with Crippen molar-refractivity contribution < 1.29 is 13.9 Å². The van der Waals surface area contributed by atoms with Crippen LogP contribution in [0.4, 0.5) is 10.1 Å². The molecule has 0 spiro atoms. The Bertz CT molecular complexity index is 333. The van der Waals surface area contributed by atoms with Crippen molar-refractivity contribution >= 4 is 5.69 Å². The van der Waals surface area contributed by atoms with Crippen LogP contribution < -0.4 is 4.74 Å². The van der Waals surface area contributed by atoms with Crippen LogP contribution in [0.25, 0.3) is 4.85 Å². The molecule has 4 heteroatoms. The number of halogens is 1. The first-order chi connectivity index (χ1) is 6.27. The summed E-state index contributed by atoms with van der Waals surface area (Å²) in [5.41, 5.74) is 0.340. The fourth-order valence-corrected chi connectivity index (χ4v) is 0.795. The van der Waals surface area contributed by atoms with Gasteiger partial charge in [0.05, 0.1) is 6.57 Å². The van der Waals surface area contributed by atoms with E-state index in [4.69, 9.17) is 11.3 Å². The summed E-state index contributed by atoms with van der Waals surface area (Å²) >= 11 is 0. The SMILES string of the molecule is [C-]#[N+]c1ccc(F)c(OCOC)c1. The Balaban J connectivity index is 2.85. The van der Waals surface area contributed by atoms with E-state index in [1.54, 1.807) is 0 Å². The number of rotatable bonds is 3. The van der Waals surface area contributed by atoms with Crippen molar-refractivity contribution in [3.63, 3.8) is 0 Å². The van der Waals surface area contributed by atoms with Crippen molar-refractivity contribution in [3.8, 4) is 5.75 Å². The van der Waals surface area contributed by atoms with Gasteiger partial charge in [-0.15, -0.1) is 0 Å². The zero-order valence-corrected chi connectivity index (χ0v) is 7.08. The Morgan fingerprint density at radius 3 is 2.92 bits per heavy atom. The van der Waals surface area contributed by atoms with Gasteiger partial charge in [0.25, 0.3) is 0 Å².